The Labute approximate surface area is 123 Å². The molecule has 0 atom stereocenters. The number of hydrogen-bond donors (Lipinski definition) is 1. The molecule has 0 aliphatic carbocycles. The summed E-state index contributed by atoms with van der Waals surface area (Å²) in [5.74, 6) is 0. The zero-order chi connectivity index (χ0) is 14.8. The van der Waals surface area contributed by atoms with E-state index in [1.807, 2.05) is 17.9 Å². The molecule has 0 radical (unpaired) electrons. The van der Waals surface area contributed by atoms with Crippen LogP contribution >= 0.6 is 0 Å². The summed E-state index contributed by atoms with van der Waals surface area (Å²) < 4.78 is 1.99. The lowest BCUT2D eigenvalue weighted by Gasteiger charge is -2.52. The number of nitrogens with zero attached hydrogens (tertiary/aromatic N) is 3. The third-order valence-corrected chi connectivity index (χ3v) is 5.03. The van der Waals surface area contributed by atoms with Gasteiger partial charge in [0.05, 0.1) is 0 Å². The normalized spacial score (nSPS) is 22.1. The molecule has 0 bridgehead atoms. The molecule has 2 heterocycles. The van der Waals surface area contributed by atoms with E-state index in [1.54, 1.807) is 0 Å². The van der Waals surface area contributed by atoms with E-state index in [2.05, 4.69) is 49.1 Å². The van der Waals surface area contributed by atoms with Gasteiger partial charge in [0.25, 0.3) is 0 Å². The number of aryl methyl sites for hydroxylation is 1. The van der Waals surface area contributed by atoms with E-state index >= 15 is 0 Å². The quantitative estimate of drug-likeness (QED) is 0.896. The van der Waals surface area contributed by atoms with Crippen LogP contribution in [0.2, 0.25) is 0 Å². The van der Waals surface area contributed by atoms with Crippen molar-refractivity contribution >= 4 is 0 Å². The van der Waals surface area contributed by atoms with Crippen LogP contribution in [0.4, 0.5) is 0 Å². The average Bonchev–Trinajstić information content (AvgIpc) is 2.82. The molecular weight excluding hydrogens is 248 g/mol. The Bertz CT molecular complexity index is 431. The highest BCUT2D eigenvalue weighted by atomic mass is 15.3. The molecule has 1 aliphatic rings. The molecule has 0 unspecified atom stereocenters. The van der Waals surface area contributed by atoms with E-state index in [1.165, 1.54) is 18.5 Å². The minimum absolute atomic E-state index is 0.209. The zero-order valence-electron chi connectivity index (χ0n) is 13.7. The molecule has 1 aromatic rings. The van der Waals surface area contributed by atoms with Gasteiger partial charge < -0.3 is 5.32 Å². The summed E-state index contributed by atoms with van der Waals surface area (Å²) in [6.45, 7) is 12.6. The van der Waals surface area contributed by atoms with Gasteiger partial charge in [0.2, 0.25) is 0 Å². The molecule has 1 N–H and O–H groups in total. The van der Waals surface area contributed by atoms with Crippen LogP contribution in [-0.2, 0) is 13.5 Å². The van der Waals surface area contributed by atoms with Gasteiger partial charge in [0.15, 0.2) is 0 Å². The largest absolute Gasteiger partial charge is 0.309 e. The van der Waals surface area contributed by atoms with Crippen LogP contribution in [0.25, 0.3) is 0 Å². The van der Waals surface area contributed by atoms with Gasteiger partial charge in [-0.2, -0.15) is 5.10 Å². The Kier molecular flexibility index (Phi) is 4.55. The van der Waals surface area contributed by atoms with Gasteiger partial charge in [-0.1, -0.05) is 13.8 Å². The topological polar surface area (TPSA) is 33.1 Å². The molecule has 20 heavy (non-hydrogen) atoms. The first-order chi connectivity index (χ1) is 9.42. The smallest absolute Gasteiger partial charge is 0.0492 e. The van der Waals surface area contributed by atoms with Crippen LogP contribution < -0.4 is 5.32 Å². The maximum atomic E-state index is 4.27. The van der Waals surface area contributed by atoms with Crippen molar-refractivity contribution in [3.05, 3.63) is 18.0 Å². The maximum absolute atomic E-state index is 4.27. The highest BCUT2D eigenvalue weighted by Crippen LogP contribution is 2.30. The SMILES string of the molecule is CCC1(CC)CNC(C)(C)CN1CCc1ccnn1C. The fourth-order valence-electron chi connectivity index (χ4n) is 3.38. The second kappa shape index (κ2) is 5.86. The van der Waals surface area contributed by atoms with E-state index in [0.29, 0.717) is 5.54 Å². The zero-order valence-corrected chi connectivity index (χ0v) is 13.7. The first kappa shape index (κ1) is 15.5. The summed E-state index contributed by atoms with van der Waals surface area (Å²) >= 11 is 0. The second-order valence-corrected chi connectivity index (χ2v) is 6.79. The van der Waals surface area contributed by atoms with Gasteiger partial charge in [0.1, 0.15) is 0 Å². The van der Waals surface area contributed by atoms with E-state index in [-0.39, 0.29) is 5.54 Å². The Morgan fingerprint density at radius 2 is 2.00 bits per heavy atom. The Hall–Kier alpha value is -0.870. The van der Waals surface area contributed by atoms with Crippen LogP contribution in [0.5, 0.6) is 0 Å². The minimum Gasteiger partial charge on any atom is -0.309 e. The molecule has 114 valence electrons. The van der Waals surface area contributed by atoms with Crippen LogP contribution in [0, 0.1) is 0 Å². The predicted molar refractivity (Wildman–Crippen MR) is 83.9 cm³/mol. The number of hydrogen-bond acceptors (Lipinski definition) is 3. The first-order valence-electron chi connectivity index (χ1n) is 7.89. The average molecular weight is 278 g/mol. The van der Waals surface area contributed by atoms with E-state index < -0.39 is 0 Å². The van der Waals surface area contributed by atoms with Crippen molar-refractivity contribution in [1.29, 1.82) is 0 Å². The van der Waals surface area contributed by atoms with Crippen molar-refractivity contribution in [2.24, 2.45) is 7.05 Å². The van der Waals surface area contributed by atoms with Crippen molar-refractivity contribution in [3.63, 3.8) is 0 Å². The van der Waals surface area contributed by atoms with Crippen LogP contribution in [0.1, 0.15) is 46.2 Å². The number of aromatic nitrogens is 2. The molecule has 0 amide bonds. The van der Waals surface area contributed by atoms with Crippen LogP contribution in [-0.4, -0.2) is 45.4 Å². The number of nitrogens with one attached hydrogen (secondary N) is 1. The molecule has 1 fully saturated rings. The van der Waals surface area contributed by atoms with Crippen molar-refractivity contribution in [2.45, 2.75) is 58.0 Å². The Morgan fingerprint density at radius 1 is 1.30 bits per heavy atom. The summed E-state index contributed by atoms with van der Waals surface area (Å²) in [6.07, 6.45) is 5.38. The first-order valence-corrected chi connectivity index (χ1v) is 7.89. The lowest BCUT2D eigenvalue weighted by atomic mass is 9.84. The summed E-state index contributed by atoms with van der Waals surface area (Å²) in [4.78, 5) is 2.70. The summed E-state index contributed by atoms with van der Waals surface area (Å²) in [7, 11) is 2.03. The fraction of sp³-hybridized carbons (Fsp3) is 0.812. The molecule has 0 saturated carbocycles. The lowest BCUT2D eigenvalue weighted by Crippen LogP contribution is -2.68. The van der Waals surface area contributed by atoms with Gasteiger partial charge >= 0.3 is 0 Å². The van der Waals surface area contributed by atoms with E-state index in [4.69, 9.17) is 0 Å². The van der Waals surface area contributed by atoms with E-state index in [9.17, 15) is 0 Å². The Morgan fingerprint density at radius 3 is 2.55 bits per heavy atom. The molecule has 1 saturated heterocycles. The minimum atomic E-state index is 0.209. The third kappa shape index (κ3) is 3.07. The van der Waals surface area contributed by atoms with Gasteiger partial charge in [-0.15, -0.1) is 0 Å². The predicted octanol–water partition coefficient (Wildman–Crippen LogP) is 2.21. The molecule has 4 nitrogen and oxygen atoms in total. The number of piperazine rings is 1. The van der Waals surface area contributed by atoms with Crippen LogP contribution in [0.15, 0.2) is 12.3 Å². The summed E-state index contributed by atoms with van der Waals surface area (Å²) in [5.41, 5.74) is 1.84. The second-order valence-electron chi connectivity index (χ2n) is 6.79. The molecule has 2 rings (SSSR count). The van der Waals surface area contributed by atoms with Crippen molar-refractivity contribution in [2.75, 3.05) is 19.6 Å². The van der Waals surface area contributed by atoms with Gasteiger partial charge in [-0.05, 0) is 32.8 Å². The third-order valence-electron chi connectivity index (χ3n) is 5.03. The standard InChI is InChI=1S/C16H30N4/c1-6-16(7-2)12-17-15(3,4)13-20(16)11-9-14-8-10-18-19(14)5/h8,10,17H,6-7,9,11-13H2,1-5H3. The highest BCUT2D eigenvalue weighted by Gasteiger charge is 2.41. The maximum Gasteiger partial charge on any atom is 0.0492 e. The van der Waals surface area contributed by atoms with Crippen molar-refractivity contribution < 1.29 is 0 Å². The van der Waals surface area contributed by atoms with Crippen molar-refractivity contribution in [3.8, 4) is 0 Å². The monoisotopic (exact) mass is 278 g/mol. The molecule has 0 aromatic carbocycles. The summed E-state index contributed by atoms with van der Waals surface area (Å²) in [5, 5.41) is 8.00. The molecule has 4 heteroatoms. The number of rotatable bonds is 5. The van der Waals surface area contributed by atoms with Gasteiger partial charge in [-0.3, -0.25) is 9.58 Å². The van der Waals surface area contributed by atoms with Crippen molar-refractivity contribution in [1.82, 2.24) is 20.0 Å². The lowest BCUT2D eigenvalue weighted by molar-refractivity contribution is 0.00959. The fourth-order valence-corrected chi connectivity index (χ4v) is 3.38. The molecule has 1 aromatic heterocycles. The van der Waals surface area contributed by atoms with Gasteiger partial charge in [0, 0.05) is 56.1 Å². The molecule has 0 spiro atoms. The Balaban J connectivity index is 2.09. The van der Waals surface area contributed by atoms with Crippen LogP contribution in [0.3, 0.4) is 0 Å². The van der Waals surface area contributed by atoms with E-state index in [0.717, 1.165) is 26.1 Å². The molecular formula is C16H30N4. The summed E-state index contributed by atoms with van der Waals surface area (Å²) in [6, 6.07) is 2.13. The molecule has 1 aliphatic heterocycles. The highest BCUT2D eigenvalue weighted by molar-refractivity contribution is 5.05. The van der Waals surface area contributed by atoms with Gasteiger partial charge in [-0.25, -0.2) is 0 Å².